The Balaban J connectivity index is 2.16. The summed E-state index contributed by atoms with van der Waals surface area (Å²) in [6.07, 6.45) is 2.87. The maximum absolute atomic E-state index is 11.4. The molecule has 88 valence electrons. The van der Waals surface area contributed by atoms with E-state index in [4.69, 9.17) is 5.73 Å². The van der Waals surface area contributed by atoms with Crippen LogP contribution in [0.5, 0.6) is 0 Å². The fourth-order valence-electron chi connectivity index (χ4n) is 2.08. The van der Waals surface area contributed by atoms with Gasteiger partial charge in [-0.3, -0.25) is 4.79 Å². The summed E-state index contributed by atoms with van der Waals surface area (Å²) in [5.41, 5.74) is 5.35. The molecule has 1 atom stereocenters. The van der Waals surface area contributed by atoms with E-state index >= 15 is 0 Å². The molecule has 1 aliphatic heterocycles. The first kappa shape index (κ1) is 12.5. The zero-order valence-electron chi connectivity index (χ0n) is 9.91. The SMILES string of the molecule is CN1CCC(CCN(C)C(=O)CCN)C1. The fourth-order valence-corrected chi connectivity index (χ4v) is 2.08. The van der Waals surface area contributed by atoms with Crippen molar-refractivity contribution in [3.8, 4) is 0 Å². The Bertz CT molecular complexity index is 208. The maximum Gasteiger partial charge on any atom is 0.223 e. The molecule has 1 amide bonds. The van der Waals surface area contributed by atoms with Crippen LogP contribution in [0.15, 0.2) is 0 Å². The summed E-state index contributed by atoms with van der Waals surface area (Å²) >= 11 is 0. The zero-order chi connectivity index (χ0) is 11.3. The number of hydrogen-bond donors (Lipinski definition) is 1. The molecule has 0 aromatic rings. The van der Waals surface area contributed by atoms with E-state index in [1.165, 1.54) is 19.5 Å². The van der Waals surface area contributed by atoms with Crippen LogP contribution in [0.1, 0.15) is 19.3 Å². The Morgan fingerprint density at radius 1 is 1.60 bits per heavy atom. The zero-order valence-corrected chi connectivity index (χ0v) is 9.91. The minimum atomic E-state index is 0.170. The van der Waals surface area contributed by atoms with Crippen molar-refractivity contribution in [1.29, 1.82) is 0 Å². The summed E-state index contributed by atoms with van der Waals surface area (Å²) in [5, 5.41) is 0. The molecule has 0 saturated carbocycles. The van der Waals surface area contributed by atoms with Crippen molar-refractivity contribution in [3.63, 3.8) is 0 Å². The summed E-state index contributed by atoms with van der Waals surface area (Å²) in [6, 6.07) is 0. The van der Waals surface area contributed by atoms with Crippen LogP contribution in [0.3, 0.4) is 0 Å². The number of nitrogens with zero attached hydrogens (tertiary/aromatic N) is 2. The average Bonchev–Trinajstić information content (AvgIpc) is 2.61. The Morgan fingerprint density at radius 2 is 2.33 bits per heavy atom. The molecule has 0 radical (unpaired) electrons. The highest BCUT2D eigenvalue weighted by molar-refractivity contribution is 5.75. The molecular weight excluding hydrogens is 190 g/mol. The second-order valence-electron chi connectivity index (χ2n) is 4.56. The van der Waals surface area contributed by atoms with Crippen LogP contribution in [0.25, 0.3) is 0 Å². The molecule has 4 nitrogen and oxygen atoms in total. The van der Waals surface area contributed by atoms with Crippen LogP contribution in [0.2, 0.25) is 0 Å². The van der Waals surface area contributed by atoms with Crippen LogP contribution in [-0.2, 0) is 4.79 Å². The molecule has 1 rings (SSSR count). The number of carbonyl (C=O) groups excluding carboxylic acids is 1. The highest BCUT2D eigenvalue weighted by Gasteiger charge is 2.20. The number of amides is 1. The number of likely N-dealkylation sites (tertiary alicyclic amines) is 1. The molecule has 15 heavy (non-hydrogen) atoms. The van der Waals surface area contributed by atoms with Gasteiger partial charge >= 0.3 is 0 Å². The Hall–Kier alpha value is -0.610. The highest BCUT2D eigenvalue weighted by atomic mass is 16.2. The van der Waals surface area contributed by atoms with E-state index in [1.54, 1.807) is 0 Å². The third-order valence-electron chi connectivity index (χ3n) is 3.15. The lowest BCUT2D eigenvalue weighted by Gasteiger charge is -2.19. The van der Waals surface area contributed by atoms with Gasteiger partial charge in [-0.1, -0.05) is 0 Å². The second kappa shape index (κ2) is 6.08. The summed E-state index contributed by atoms with van der Waals surface area (Å²) < 4.78 is 0. The van der Waals surface area contributed by atoms with Gasteiger partial charge in [0.05, 0.1) is 0 Å². The first-order chi connectivity index (χ1) is 7.13. The van der Waals surface area contributed by atoms with Gasteiger partial charge in [-0.2, -0.15) is 0 Å². The van der Waals surface area contributed by atoms with Crippen LogP contribution in [-0.4, -0.2) is 56.0 Å². The minimum absolute atomic E-state index is 0.170. The smallest absolute Gasteiger partial charge is 0.223 e. The van der Waals surface area contributed by atoms with E-state index in [1.807, 2.05) is 11.9 Å². The van der Waals surface area contributed by atoms with E-state index in [2.05, 4.69) is 11.9 Å². The molecule has 1 unspecified atom stereocenters. The van der Waals surface area contributed by atoms with Gasteiger partial charge in [0, 0.05) is 33.1 Å². The van der Waals surface area contributed by atoms with E-state index in [0.29, 0.717) is 13.0 Å². The van der Waals surface area contributed by atoms with Crippen LogP contribution in [0.4, 0.5) is 0 Å². The number of nitrogens with two attached hydrogens (primary N) is 1. The summed E-state index contributed by atoms with van der Waals surface area (Å²) in [7, 11) is 4.03. The number of rotatable bonds is 5. The monoisotopic (exact) mass is 213 g/mol. The third-order valence-corrected chi connectivity index (χ3v) is 3.15. The minimum Gasteiger partial charge on any atom is -0.346 e. The second-order valence-corrected chi connectivity index (χ2v) is 4.56. The Labute approximate surface area is 92.4 Å². The van der Waals surface area contributed by atoms with Crippen LogP contribution in [0, 0.1) is 5.92 Å². The van der Waals surface area contributed by atoms with E-state index in [9.17, 15) is 4.79 Å². The molecule has 0 bridgehead atoms. The molecule has 0 spiro atoms. The summed E-state index contributed by atoms with van der Waals surface area (Å²) in [5.74, 6) is 0.937. The van der Waals surface area contributed by atoms with Crippen LogP contribution >= 0.6 is 0 Å². The molecule has 2 N–H and O–H groups in total. The number of carbonyl (C=O) groups is 1. The van der Waals surface area contributed by atoms with Crippen molar-refractivity contribution in [2.75, 3.05) is 40.3 Å². The van der Waals surface area contributed by atoms with E-state index in [-0.39, 0.29) is 5.91 Å². The molecule has 1 fully saturated rings. The topological polar surface area (TPSA) is 49.6 Å². The Kier molecular flexibility index (Phi) is 5.05. The number of hydrogen-bond acceptors (Lipinski definition) is 3. The normalized spacial score (nSPS) is 21.9. The molecule has 1 heterocycles. The lowest BCUT2D eigenvalue weighted by molar-refractivity contribution is -0.129. The molecule has 0 aromatic carbocycles. The molecule has 4 heteroatoms. The lowest BCUT2D eigenvalue weighted by Crippen LogP contribution is -2.30. The van der Waals surface area contributed by atoms with Gasteiger partial charge < -0.3 is 15.5 Å². The largest absolute Gasteiger partial charge is 0.346 e. The standard InChI is InChI=1S/C11H23N3O/c1-13-7-4-10(9-13)5-8-14(2)11(15)3-6-12/h10H,3-9,12H2,1-2H3. The lowest BCUT2D eigenvalue weighted by atomic mass is 10.0. The fraction of sp³-hybridized carbons (Fsp3) is 0.909. The Morgan fingerprint density at radius 3 is 2.87 bits per heavy atom. The van der Waals surface area contributed by atoms with Gasteiger partial charge in [-0.25, -0.2) is 0 Å². The molecule has 0 aromatic heterocycles. The molecule has 1 aliphatic rings. The van der Waals surface area contributed by atoms with E-state index < -0.39 is 0 Å². The van der Waals surface area contributed by atoms with Crippen LogP contribution < -0.4 is 5.73 Å². The van der Waals surface area contributed by atoms with Gasteiger partial charge in [0.15, 0.2) is 0 Å². The predicted molar refractivity (Wildman–Crippen MR) is 61.5 cm³/mol. The van der Waals surface area contributed by atoms with Crippen molar-refractivity contribution in [2.45, 2.75) is 19.3 Å². The van der Waals surface area contributed by atoms with Gasteiger partial charge in [-0.05, 0) is 32.4 Å². The molecule has 0 aliphatic carbocycles. The molecule has 1 saturated heterocycles. The summed E-state index contributed by atoms with van der Waals surface area (Å²) in [6.45, 7) is 3.71. The van der Waals surface area contributed by atoms with Gasteiger partial charge in [0.2, 0.25) is 5.91 Å². The van der Waals surface area contributed by atoms with Crippen molar-refractivity contribution in [3.05, 3.63) is 0 Å². The summed E-state index contributed by atoms with van der Waals surface area (Å²) in [4.78, 5) is 15.6. The predicted octanol–water partition coefficient (Wildman–Crippen LogP) is 0.135. The van der Waals surface area contributed by atoms with Gasteiger partial charge in [-0.15, -0.1) is 0 Å². The van der Waals surface area contributed by atoms with Crippen molar-refractivity contribution < 1.29 is 4.79 Å². The van der Waals surface area contributed by atoms with Crippen molar-refractivity contribution >= 4 is 5.91 Å². The van der Waals surface area contributed by atoms with Crippen molar-refractivity contribution in [2.24, 2.45) is 11.7 Å². The third kappa shape index (κ3) is 4.18. The quantitative estimate of drug-likeness (QED) is 0.706. The van der Waals surface area contributed by atoms with E-state index in [0.717, 1.165) is 18.9 Å². The highest BCUT2D eigenvalue weighted by Crippen LogP contribution is 2.17. The first-order valence-electron chi connectivity index (χ1n) is 5.76. The van der Waals surface area contributed by atoms with Gasteiger partial charge in [0.1, 0.15) is 0 Å². The van der Waals surface area contributed by atoms with Crippen molar-refractivity contribution in [1.82, 2.24) is 9.80 Å². The average molecular weight is 213 g/mol. The maximum atomic E-state index is 11.4. The van der Waals surface area contributed by atoms with Gasteiger partial charge in [0.25, 0.3) is 0 Å². The molecular formula is C11H23N3O. The first-order valence-corrected chi connectivity index (χ1v) is 5.76.